The molecule has 4 rings (SSSR count). The van der Waals surface area contributed by atoms with Crippen LogP contribution in [0.5, 0.6) is 5.75 Å². The number of imidazole rings is 1. The Hall–Kier alpha value is -4.33. The first-order chi connectivity index (χ1) is 15.6. The van der Waals surface area contributed by atoms with E-state index >= 15 is 0 Å². The summed E-state index contributed by atoms with van der Waals surface area (Å²) in [6, 6.07) is 18.6. The summed E-state index contributed by atoms with van der Waals surface area (Å²) in [5.41, 5.74) is 16.9. The maximum atomic E-state index is 10.4. The number of phenols is 1. The SMILES string of the molecule is Nc1ccc(Nc2cc(Nc3ccc(NCCCn4ccnc4)cc3)c(O)cc2N)cc1. The van der Waals surface area contributed by atoms with Gasteiger partial charge in [-0.15, -0.1) is 0 Å². The molecule has 0 atom stereocenters. The molecule has 0 bridgehead atoms. The lowest BCUT2D eigenvalue weighted by Gasteiger charge is -2.15. The van der Waals surface area contributed by atoms with Gasteiger partial charge in [-0.2, -0.15) is 0 Å². The molecule has 0 unspecified atom stereocenters. The standard InChI is InChI=1S/C24H27N7O/c25-17-2-4-19(5-3-17)29-22-15-23(24(32)14-21(22)26)30-20-8-6-18(7-9-20)28-10-1-12-31-13-11-27-16-31/h2-9,11,13-16,28-30,32H,1,10,12,25-26H2. The molecule has 8 heteroatoms. The summed E-state index contributed by atoms with van der Waals surface area (Å²) >= 11 is 0. The molecule has 0 aliphatic heterocycles. The van der Waals surface area contributed by atoms with E-state index < -0.39 is 0 Å². The van der Waals surface area contributed by atoms with Crippen molar-refractivity contribution in [1.29, 1.82) is 0 Å². The number of nitrogens with zero attached hydrogens (tertiary/aromatic N) is 2. The van der Waals surface area contributed by atoms with E-state index in [4.69, 9.17) is 11.5 Å². The predicted octanol–water partition coefficient (Wildman–Crippen LogP) is 4.74. The molecule has 164 valence electrons. The van der Waals surface area contributed by atoms with Crippen LogP contribution >= 0.6 is 0 Å². The van der Waals surface area contributed by atoms with Crippen molar-refractivity contribution in [2.24, 2.45) is 0 Å². The van der Waals surface area contributed by atoms with Crippen LogP contribution in [0.1, 0.15) is 6.42 Å². The van der Waals surface area contributed by atoms with Crippen molar-refractivity contribution in [3.8, 4) is 5.75 Å². The fraction of sp³-hybridized carbons (Fsp3) is 0.125. The zero-order valence-corrected chi connectivity index (χ0v) is 17.6. The quantitative estimate of drug-likeness (QED) is 0.0982. The molecule has 4 aromatic rings. The van der Waals surface area contributed by atoms with Gasteiger partial charge in [0.1, 0.15) is 5.75 Å². The van der Waals surface area contributed by atoms with Crippen molar-refractivity contribution >= 4 is 39.8 Å². The van der Waals surface area contributed by atoms with Gasteiger partial charge in [-0.05, 0) is 61.0 Å². The van der Waals surface area contributed by atoms with Crippen LogP contribution in [-0.2, 0) is 6.54 Å². The second-order valence-corrected chi connectivity index (χ2v) is 7.49. The van der Waals surface area contributed by atoms with E-state index in [0.717, 1.165) is 36.6 Å². The molecule has 0 radical (unpaired) electrons. The van der Waals surface area contributed by atoms with Gasteiger partial charge in [-0.1, -0.05) is 0 Å². The lowest BCUT2D eigenvalue weighted by molar-refractivity contribution is 0.478. The summed E-state index contributed by atoms with van der Waals surface area (Å²) < 4.78 is 2.06. The number of nitrogens with two attached hydrogens (primary N) is 2. The van der Waals surface area contributed by atoms with E-state index in [-0.39, 0.29) is 5.75 Å². The number of aromatic nitrogens is 2. The first-order valence-electron chi connectivity index (χ1n) is 10.4. The molecule has 0 saturated heterocycles. The molecule has 0 aliphatic rings. The van der Waals surface area contributed by atoms with Gasteiger partial charge in [-0.25, -0.2) is 4.98 Å². The largest absolute Gasteiger partial charge is 0.506 e. The van der Waals surface area contributed by atoms with E-state index in [9.17, 15) is 5.11 Å². The van der Waals surface area contributed by atoms with Crippen LogP contribution < -0.4 is 27.4 Å². The van der Waals surface area contributed by atoms with Gasteiger partial charge < -0.3 is 37.1 Å². The maximum absolute atomic E-state index is 10.4. The molecular formula is C24H27N7O. The van der Waals surface area contributed by atoms with Gasteiger partial charge in [-0.3, -0.25) is 0 Å². The van der Waals surface area contributed by atoms with E-state index in [1.807, 2.05) is 61.1 Å². The van der Waals surface area contributed by atoms with Crippen LogP contribution in [0.4, 0.5) is 39.8 Å². The second-order valence-electron chi connectivity index (χ2n) is 7.49. The summed E-state index contributed by atoms with van der Waals surface area (Å²) in [5.74, 6) is 0.0760. The number of nitrogens with one attached hydrogen (secondary N) is 3. The van der Waals surface area contributed by atoms with Crippen LogP contribution in [0.3, 0.4) is 0 Å². The Morgan fingerprint density at radius 1 is 0.844 bits per heavy atom. The van der Waals surface area contributed by atoms with Crippen molar-refractivity contribution in [2.75, 3.05) is 34.0 Å². The van der Waals surface area contributed by atoms with E-state index in [1.54, 1.807) is 12.3 Å². The fourth-order valence-corrected chi connectivity index (χ4v) is 3.28. The lowest BCUT2D eigenvalue weighted by Crippen LogP contribution is -2.05. The topological polar surface area (TPSA) is 126 Å². The maximum Gasteiger partial charge on any atom is 0.141 e. The summed E-state index contributed by atoms with van der Waals surface area (Å²) in [5, 5.41) is 20.3. The van der Waals surface area contributed by atoms with Crippen LogP contribution in [0.15, 0.2) is 79.4 Å². The number of aryl methyl sites for hydroxylation is 1. The van der Waals surface area contributed by atoms with Gasteiger partial charge in [0.25, 0.3) is 0 Å². The molecule has 0 amide bonds. The van der Waals surface area contributed by atoms with Gasteiger partial charge in [0.15, 0.2) is 0 Å². The number of nitrogen functional groups attached to an aromatic ring is 2. The van der Waals surface area contributed by atoms with Gasteiger partial charge in [0.05, 0.1) is 23.4 Å². The predicted molar refractivity (Wildman–Crippen MR) is 132 cm³/mol. The third kappa shape index (κ3) is 5.42. The van der Waals surface area contributed by atoms with Crippen molar-refractivity contribution in [3.63, 3.8) is 0 Å². The molecule has 0 spiro atoms. The lowest BCUT2D eigenvalue weighted by atomic mass is 10.2. The molecule has 1 heterocycles. The van der Waals surface area contributed by atoms with Gasteiger partial charge >= 0.3 is 0 Å². The highest BCUT2D eigenvalue weighted by Gasteiger charge is 2.09. The van der Waals surface area contributed by atoms with E-state index in [2.05, 4.69) is 25.5 Å². The minimum absolute atomic E-state index is 0.0760. The third-order valence-corrected chi connectivity index (χ3v) is 5.00. The highest BCUT2D eigenvalue weighted by Crippen LogP contribution is 2.36. The number of benzene rings is 3. The van der Waals surface area contributed by atoms with Crippen LogP contribution in [0, 0.1) is 0 Å². The normalized spacial score (nSPS) is 10.6. The van der Waals surface area contributed by atoms with E-state index in [0.29, 0.717) is 22.7 Å². The number of aromatic hydroxyl groups is 1. The Morgan fingerprint density at radius 2 is 1.50 bits per heavy atom. The Bertz CT molecular complexity index is 1140. The highest BCUT2D eigenvalue weighted by atomic mass is 16.3. The van der Waals surface area contributed by atoms with Crippen molar-refractivity contribution in [3.05, 3.63) is 79.4 Å². The molecule has 8 N–H and O–H groups in total. The number of anilines is 7. The molecule has 0 saturated carbocycles. The smallest absolute Gasteiger partial charge is 0.141 e. The van der Waals surface area contributed by atoms with Crippen LogP contribution in [0.2, 0.25) is 0 Å². The molecule has 8 nitrogen and oxygen atoms in total. The molecule has 3 aromatic carbocycles. The van der Waals surface area contributed by atoms with Crippen molar-refractivity contribution in [1.82, 2.24) is 9.55 Å². The Kier molecular flexibility index (Phi) is 6.31. The summed E-state index contributed by atoms with van der Waals surface area (Å²) in [7, 11) is 0. The monoisotopic (exact) mass is 429 g/mol. The Balaban J connectivity index is 1.37. The van der Waals surface area contributed by atoms with Crippen LogP contribution in [0.25, 0.3) is 0 Å². The molecule has 32 heavy (non-hydrogen) atoms. The summed E-state index contributed by atoms with van der Waals surface area (Å²) in [6.45, 7) is 1.79. The van der Waals surface area contributed by atoms with Crippen molar-refractivity contribution < 1.29 is 5.11 Å². The molecule has 0 fully saturated rings. The van der Waals surface area contributed by atoms with Gasteiger partial charge in [0.2, 0.25) is 0 Å². The molecular weight excluding hydrogens is 402 g/mol. The minimum Gasteiger partial charge on any atom is -0.506 e. The first kappa shape index (κ1) is 20.9. The third-order valence-electron chi connectivity index (χ3n) is 5.00. The number of rotatable bonds is 9. The highest BCUT2D eigenvalue weighted by molar-refractivity contribution is 5.82. The Labute approximate surface area is 186 Å². The molecule has 0 aliphatic carbocycles. The molecule has 1 aromatic heterocycles. The van der Waals surface area contributed by atoms with E-state index in [1.165, 1.54) is 6.07 Å². The number of phenolic OH excluding ortho intramolecular Hbond substituents is 1. The fourth-order valence-electron chi connectivity index (χ4n) is 3.28. The second kappa shape index (κ2) is 9.65. The van der Waals surface area contributed by atoms with Crippen molar-refractivity contribution in [2.45, 2.75) is 13.0 Å². The zero-order chi connectivity index (χ0) is 22.3. The van der Waals surface area contributed by atoms with Crippen LogP contribution in [-0.4, -0.2) is 21.2 Å². The Morgan fingerprint density at radius 3 is 2.19 bits per heavy atom. The van der Waals surface area contributed by atoms with Gasteiger partial charge in [0, 0.05) is 54.3 Å². The summed E-state index contributed by atoms with van der Waals surface area (Å²) in [4.78, 5) is 4.05. The first-order valence-corrected chi connectivity index (χ1v) is 10.4. The number of hydrogen-bond acceptors (Lipinski definition) is 7. The number of hydrogen-bond donors (Lipinski definition) is 6. The average molecular weight is 430 g/mol. The minimum atomic E-state index is 0.0760. The summed E-state index contributed by atoms with van der Waals surface area (Å²) in [6.07, 6.45) is 6.57. The average Bonchev–Trinajstić information content (AvgIpc) is 3.31. The zero-order valence-electron chi connectivity index (χ0n) is 17.6.